The van der Waals surface area contributed by atoms with Crippen LogP contribution in [0.1, 0.15) is 55.0 Å². The smallest absolute Gasteiger partial charge is 0.266 e. The van der Waals surface area contributed by atoms with Crippen LogP contribution in [0.4, 0.5) is 5.69 Å². The van der Waals surface area contributed by atoms with Gasteiger partial charge < -0.3 is 10.6 Å². The van der Waals surface area contributed by atoms with Crippen molar-refractivity contribution >= 4 is 35.8 Å². The highest BCUT2D eigenvalue weighted by Gasteiger charge is 2.38. The second kappa shape index (κ2) is 7.97. The van der Waals surface area contributed by atoms with Crippen molar-refractivity contribution in [1.29, 1.82) is 0 Å². The number of rotatable bonds is 3. The molecule has 4 rings (SSSR count). The van der Waals surface area contributed by atoms with Crippen LogP contribution in [0.5, 0.6) is 0 Å². The molecule has 2 aliphatic rings. The van der Waals surface area contributed by atoms with Crippen LogP contribution in [-0.2, 0) is 0 Å². The van der Waals surface area contributed by atoms with Gasteiger partial charge in [-0.3, -0.25) is 14.4 Å². The van der Waals surface area contributed by atoms with E-state index >= 15 is 0 Å². The second-order valence-corrected chi connectivity index (χ2v) is 7.53. The summed E-state index contributed by atoms with van der Waals surface area (Å²) in [5, 5.41) is 0. The quantitative estimate of drug-likeness (QED) is 0.783. The largest absolute Gasteiger partial charge is 0.334 e. The van der Waals surface area contributed by atoms with Crippen LogP contribution in [0.25, 0.3) is 0 Å². The fourth-order valence-corrected chi connectivity index (χ4v) is 4.07. The molecular formula is C22H24ClN3O3. The number of benzene rings is 2. The van der Waals surface area contributed by atoms with Crippen LogP contribution in [0.3, 0.4) is 0 Å². The van der Waals surface area contributed by atoms with Crippen molar-refractivity contribution in [2.24, 2.45) is 5.73 Å². The molecule has 1 fully saturated rings. The number of carbonyl (C=O) groups is 3. The predicted octanol–water partition coefficient (Wildman–Crippen LogP) is 3.09. The maximum atomic E-state index is 13.0. The summed E-state index contributed by atoms with van der Waals surface area (Å²) in [4.78, 5) is 41.8. The van der Waals surface area contributed by atoms with E-state index in [4.69, 9.17) is 5.73 Å². The van der Waals surface area contributed by atoms with Gasteiger partial charge in [0.15, 0.2) is 0 Å². The van der Waals surface area contributed by atoms with Gasteiger partial charge in [-0.25, -0.2) is 4.90 Å². The fraction of sp³-hybridized carbons (Fsp3) is 0.318. The van der Waals surface area contributed by atoms with E-state index in [-0.39, 0.29) is 41.7 Å². The summed E-state index contributed by atoms with van der Waals surface area (Å²) in [6.07, 6.45) is 1.82. The highest BCUT2D eigenvalue weighted by molar-refractivity contribution is 6.35. The maximum absolute atomic E-state index is 13.0. The normalized spacial score (nSPS) is 18.1. The third kappa shape index (κ3) is 3.43. The summed E-state index contributed by atoms with van der Waals surface area (Å²) in [6.45, 7) is 4.88. The number of likely N-dealkylation sites (tertiary alicyclic amines) is 1. The van der Waals surface area contributed by atoms with Crippen LogP contribution in [-0.4, -0.2) is 41.8 Å². The minimum Gasteiger partial charge on any atom is -0.334 e. The zero-order chi connectivity index (χ0) is 20.0. The van der Waals surface area contributed by atoms with Gasteiger partial charge in [0, 0.05) is 24.7 Å². The van der Waals surface area contributed by atoms with Crippen molar-refractivity contribution in [2.75, 3.05) is 18.0 Å². The van der Waals surface area contributed by atoms with Crippen LogP contribution in [0.15, 0.2) is 36.4 Å². The number of nitrogens with two attached hydrogens (primary N) is 1. The first-order valence-electron chi connectivity index (χ1n) is 9.53. The standard InChI is InChI=1S/C22H23N3O3.ClH/c1-13-5-6-14(2)19(10-13)25-21(27)17-8-7-15(11-18(17)22(25)28)20(26)24-9-3-4-16(24)12-23;/h5-8,10-11,16H,3-4,9,12,23H2,1-2H3;1H. The summed E-state index contributed by atoms with van der Waals surface area (Å²) in [5.41, 5.74) is 9.21. The van der Waals surface area contributed by atoms with Gasteiger partial charge in [-0.1, -0.05) is 12.1 Å². The van der Waals surface area contributed by atoms with Crippen molar-refractivity contribution in [1.82, 2.24) is 4.90 Å². The van der Waals surface area contributed by atoms with Crippen molar-refractivity contribution in [3.05, 3.63) is 64.2 Å². The molecule has 1 unspecified atom stereocenters. The molecule has 2 heterocycles. The van der Waals surface area contributed by atoms with Gasteiger partial charge in [0.25, 0.3) is 17.7 Å². The molecule has 6 nitrogen and oxygen atoms in total. The van der Waals surface area contributed by atoms with Crippen LogP contribution in [0, 0.1) is 13.8 Å². The second-order valence-electron chi connectivity index (χ2n) is 7.53. The summed E-state index contributed by atoms with van der Waals surface area (Å²) in [6, 6.07) is 10.5. The van der Waals surface area contributed by atoms with Gasteiger partial charge in [-0.05, 0) is 62.1 Å². The minimum absolute atomic E-state index is 0. The lowest BCUT2D eigenvalue weighted by atomic mass is 10.0. The Hall–Kier alpha value is -2.70. The predicted molar refractivity (Wildman–Crippen MR) is 114 cm³/mol. The molecule has 1 saturated heterocycles. The molecule has 0 saturated carbocycles. The number of carbonyl (C=O) groups excluding carboxylic acids is 3. The lowest BCUT2D eigenvalue weighted by Crippen LogP contribution is -2.39. The first kappa shape index (κ1) is 21.0. The Balaban J connectivity index is 0.00000240. The van der Waals surface area contributed by atoms with Crippen molar-refractivity contribution in [3.8, 4) is 0 Å². The van der Waals surface area contributed by atoms with Crippen LogP contribution >= 0.6 is 12.4 Å². The van der Waals surface area contributed by atoms with Gasteiger partial charge in [-0.2, -0.15) is 0 Å². The fourth-order valence-electron chi connectivity index (χ4n) is 4.07. The number of halogens is 1. The van der Waals surface area contributed by atoms with E-state index in [1.807, 2.05) is 32.0 Å². The van der Waals surface area contributed by atoms with E-state index in [1.165, 1.54) is 4.90 Å². The molecule has 152 valence electrons. The van der Waals surface area contributed by atoms with Gasteiger partial charge >= 0.3 is 0 Å². The third-order valence-electron chi connectivity index (χ3n) is 5.65. The molecule has 7 heteroatoms. The molecule has 0 bridgehead atoms. The number of hydrogen-bond acceptors (Lipinski definition) is 4. The lowest BCUT2D eigenvalue weighted by molar-refractivity contribution is 0.0740. The summed E-state index contributed by atoms with van der Waals surface area (Å²) >= 11 is 0. The van der Waals surface area contributed by atoms with Crippen LogP contribution < -0.4 is 10.6 Å². The van der Waals surface area contributed by atoms with E-state index < -0.39 is 0 Å². The Labute approximate surface area is 176 Å². The van der Waals surface area contributed by atoms with Gasteiger partial charge in [0.05, 0.1) is 16.8 Å². The number of fused-ring (bicyclic) bond motifs is 1. The molecule has 29 heavy (non-hydrogen) atoms. The van der Waals surface area contributed by atoms with E-state index in [0.29, 0.717) is 29.9 Å². The summed E-state index contributed by atoms with van der Waals surface area (Å²) in [7, 11) is 0. The number of anilines is 1. The topological polar surface area (TPSA) is 83.7 Å². The van der Waals surface area contributed by atoms with E-state index in [2.05, 4.69) is 0 Å². The molecule has 2 N–H and O–H groups in total. The first-order chi connectivity index (χ1) is 13.4. The molecule has 2 aromatic rings. The van der Waals surface area contributed by atoms with Gasteiger partial charge in [0.1, 0.15) is 0 Å². The Bertz CT molecular complexity index is 1000. The molecule has 2 aliphatic heterocycles. The molecule has 1 atom stereocenters. The lowest BCUT2D eigenvalue weighted by Gasteiger charge is -2.23. The average molecular weight is 414 g/mol. The zero-order valence-corrected chi connectivity index (χ0v) is 17.3. The van der Waals surface area contributed by atoms with E-state index in [1.54, 1.807) is 23.1 Å². The SMILES string of the molecule is Cc1ccc(C)c(N2C(=O)c3ccc(C(=O)N4CCCC4CN)cc3C2=O)c1.Cl. The number of amides is 3. The van der Waals surface area contributed by atoms with E-state index in [0.717, 1.165) is 24.0 Å². The number of imide groups is 1. The Kier molecular flexibility index (Phi) is 5.78. The molecular weight excluding hydrogens is 390 g/mol. The van der Waals surface area contributed by atoms with Gasteiger partial charge in [0.2, 0.25) is 0 Å². The molecule has 0 radical (unpaired) electrons. The summed E-state index contributed by atoms with van der Waals surface area (Å²) < 4.78 is 0. The maximum Gasteiger partial charge on any atom is 0.266 e. The highest BCUT2D eigenvalue weighted by Crippen LogP contribution is 2.32. The number of aryl methyl sites for hydroxylation is 2. The average Bonchev–Trinajstić information content (AvgIpc) is 3.26. The molecule has 2 aromatic carbocycles. The number of nitrogens with zero attached hydrogens (tertiary/aromatic N) is 2. The third-order valence-corrected chi connectivity index (χ3v) is 5.65. The van der Waals surface area contributed by atoms with Gasteiger partial charge in [-0.15, -0.1) is 12.4 Å². The summed E-state index contributed by atoms with van der Waals surface area (Å²) in [5.74, 6) is -0.880. The Morgan fingerprint density at radius 1 is 1.07 bits per heavy atom. The molecule has 3 amide bonds. The Morgan fingerprint density at radius 2 is 1.79 bits per heavy atom. The molecule has 0 aromatic heterocycles. The first-order valence-corrected chi connectivity index (χ1v) is 9.53. The monoisotopic (exact) mass is 413 g/mol. The van der Waals surface area contributed by atoms with Crippen LogP contribution in [0.2, 0.25) is 0 Å². The minimum atomic E-state index is -0.389. The number of hydrogen-bond donors (Lipinski definition) is 1. The zero-order valence-electron chi connectivity index (χ0n) is 16.5. The van der Waals surface area contributed by atoms with Crippen molar-refractivity contribution in [3.63, 3.8) is 0 Å². The van der Waals surface area contributed by atoms with E-state index in [9.17, 15) is 14.4 Å². The van der Waals surface area contributed by atoms with Crippen molar-refractivity contribution in [2.45, 2.75) is 32.7 Å². The Morgan fingerprint density at radius 3 is 2.52 bits per heavy atom. The molecule has 0 spiro atoms. The van der Waals surface area contributed by atoms with Crippen molar-refractivity contribution < 1.29 is 14.4 Å². The molecule has 0 aliphatic carbocycles. The highest BCUT2D eigenvalue weighted by atomic mass is 35.5.